The zero-order valence-electron chi connectivity index (χ0n) is 9.71. The molecule has 0 saturated heterocycles. The van der Waals surface area contributed by atoms with Crippen molar-refractivity contribution in [3.05, 3.63) is 34.1 Å². The predicted molar refractivity (Wildman–Crippen MR) is 71.0 cm³/mol. The van der Waals surface area contributed by atoms with Crippen LogP contribution in [-0.4, -0.2) is 29.3 Å². The molecule has 1 aromatic carbocycles. The maximum Gasteiger partial charge on any atom is 0.254 e. The average molecular weight is 323 g/mol. The zero-order chi connectivity index (χ0) is 13.0. The predicted octanol–water partition coefficient (Wildman–Crippen LogP) is 3.68. The fourth-order valence-electron chi connectivity index (χ4n) is 1.48. The molecule has 0 aliphatic carbocycles. The van der Waals surface area contributed by atoms with Gasteiger partial charge in [-0.05, 0) is 48.0 Å². The second kappa shape index (κ2) is 6.36. The van der Waals surface area contributed by atoms with Crippen LogP contribution in [0.25, 0.3) is 0 Å². The van der Waals surface area contributed by atoms with E-state index in [2.05, 4.69) is 15.9 Å². The van der Waals surface area contributed by atoms with E-state index in [0.717, 1.165) is 0 Å². The van der Waals surface area contributed by atoms with Gasteiger partial charge in [0.15, 0.2) is 0 Å². The summed E-state index contributed by atoms with van der Waals surface area (Å²) in [5.74, 6) is -0.277. The first kappa shape index (κ1) is 14.5. The van der Waals surface area contributed by atoms with E-state index in [1.54, 1.807) is 11.0 Å². The lowest BCUT2D eigenvalue weighted by atomic mass is 10.1. The third kappa shape index (κ3) is 3.68. The van der Waals surface area contributed by atoms with Crippen LogP contribution in [0.15, 0.2) is 22.7 Å². The molecule has 0 unspecified atom stereocenters. The van der Waals surface area contributed by atoms with Crippen LogP contribution in [0.4, 0.5) is 4.39 Å². The Labute approximate surface area is 114 Å². The molecule has 0 saturated carbocycles. The maximum atomic E-state index is 13.3. The van der Waals surface area contributed by atoms with E-state index in [9.17, 15) is 9.18 Å². The van der Waals surface area contributed by atoms with Crippen molar-refractivity contribution in [1.29, 1.82) is 0 Å². The van der Waals surface area contributed by atoms with E-state index in [1.165, 1.54) is 12.1 Å². The molecule has 0 bridgehead atoms. The number of nitrogens with zero attached hydrogens (tertiary/aromatic N) is 1. The summed E-state index contributed by atoms with van der Waals surface area (Å²) in [7, 11) is 0. The molecule has 0 heterocycles. The zero-order valence-corrected chi connectivity index (χ0v) is 12.1. The molecular weight excluding hydrogens is 308 g/mol. The monoisotopic (exact) mass is 321 g/mol. The molecule has 1 amide bonds. The number of carbonyl (C=O) groups excluding carboxylic acids is 1. The molecule has 0 aliphatic rings. The van der Waals surface area contributed by atoms with Gasteiger partial charge in [-0.2, -0.15) is 0 Å². The van der Waals surface area contributed by atoms with Crippen molar-refractivity contribution < 1.29 is 9.18 Å². The van der Waals surface area contributed by atoms with Gasteiger partial charge in [0, 0.05) is 24.0 Å². The minimum Gasteiger partial charge on any atom is -0.335 e. The first-order valence-electron chi connectivity index (χ1n) is 5.29. The van der Waals surface area contributed by atoms with Crippen LogP contribution in [0, 0.1) is 5.82 Å². The summed E-state index contributed by atoms with van der Waals surface area (Å²) in [5, 5.41) is 0. The van der Waals surface area contributed by atoms with Crippen molar-refractivity contribution in [2.24, 2.45) is 0 Å². The smallest absolute Gasteiger partial charge is 0.254 e. The van der Waals surface area contributed by atoms with Crippen LogP contribution in [0.5, 0.6) is 0 Å². The lowest BCUT2D eigenvalue weighted by Crippen LogP contribution is -2.38. The molecule has 2 nitrogen and oxygen atoms in total. The van der Waals surface area contributed by atoms with Gasteiger partial charge in [0.1, 0.15) is 5.82 Å². The Morgan fingerprint density at radius 2 is 2.18 bits per heavy atom. The minimum atomic E-state index is -0.439. The molecule has 5 heteroatoms. The normalized spacial score (nSPS) is 10.7. The standard InChI is InChI=1S/C12H14BrClFNO/c1-8(2)16(6-5-14)12(17)9-3-4-10(13)11(15)7-9/h3-4,7-8H,5-6H2,1-2H3. The van der Waals surface area contributed by atoms with E-state index in [1.807, 2.05) is 13.8 Å². The quantitative estimate of drug-likeness (QED) is 0.774. The molecule has 17 heavy (non-hydrogen) atoms. The maximum absolute atomic E-state index is 13.3. The molecular formula is C12H14BrClFNO. The molecule has 0 fully saturated rings. The summed E-state index contributed by atoms with van der Waals surface area (Å²) < 4.78 is 13.7. The highest BCUT2D eigenvalue weighted by atomic mass is 79.9. The van der Waals surface area contributed by atoms with E-state index in [4.69, 9.17) is 11.6 Å². The van der Waals surface area contributed by atoms with Crippen molar-refractivity contribution in [2.75, 3.05) is 12.4 Å². The summed E-state index contributed by atoms with van der Waals surface area (Å²) in [6.07, 6.45) is 0. The Hall–Kier alpha value is -0.610. The van der Waals surface area contributed by atoms with Crippen molar-refractivity contribution in [2.45, 2.75) is 19.9 Å². The van der Waals surface area contributed by atoms with Crippen molar-refractivity contribution >= 4 is 33.4 Å². The molecule has 1 aromatic rings. The summed E-state index contributed by atoms with van der Waals surface area (Å²) in [5.41, 5.74) is 0.338. The summed E-state index contributed by atoms with van der Waals surface area (Å²) >= 11 is 8.71. The van der Waals surface area contributed by atoms with Gasteiger partial charge in [-0.3, -0.25) is 4.79 Å². The average Bonchev–Trinajstić information content (AvgIpc) is 2.28. The van der Waals surface area contributed by atoms with Crippen molar-refractivity contribution in [3.63, 3.8) is 0 Å². The van der Waals surface area contributed by atoms with E-state index >= 15 is 0 Å². The molecule has 0 spiro atoms. The first-order valence-corrected chi connectivity index (χ1v) is 6.62. The number of halogens is 3. The molecule has 0 N–H and O–H groups in total. The first-order chi connectivity index (χ1) is 7.97. The fraction of sp³-hybridized carbons (Fsp3) is 0.417. The highest BCUT2D eigenvalue weighted by Crippen LogP contribution is 2.18. The second-order valence-electron chi connectivity index (χ2n) is 3.91. The van der Waals surface area contributed by atoms with Gasteiger partial charge in [-0.15, -0.1) is 11.6 Å². The lowest BCUT2D eigenvalue weighted by molar-refractivity contribution is 0.0717. The van der Waals surface area contributed by atoms with E-state index in [-0.39, 0.29) is 11.9 Å². The molecule has 0 aromatic heterocycles. The molecule has 1 rings (SSSR count). The Balaban J connectivity index is 2.97. The molecule has 94 valence electrons. The Morgan fingerprint density at radius 3 is 2.65 bits per heavy atom. The number of carbonyl (C=O) groups is 1. The summed E-state index contributed by atoms with van der Waals surface area (Å²) in [4.78, 5) is 13.7. The van der Waals surface area contributed by atoms with Crippen LogP contribution < -0.4 is 0 Å². The molecule has 0 atom stereocenters. The van der Waals surface area contributed by atoms with Gasteiger partial charge < -0.3 is 4.90 Å². The minimum absolute atomic E-state index is 0.0351. The third-order valence-electron chi connectivity index (χ3n) is 2.38. The highest BCUT2D eigenvalue weighted by molar-refractivity contribution is 9.10. The van der Waals surface area contributed by atoms with Gasteiger partial charge in [-0.25, -0.2) is 4.39 Å². The van der Waals surface area contributed by atoms with Crippen LogP contribution in [0.2, 0.25) is 0 Å². The van der Waals surface area contributed by atoms with E-state index < -0.39 is 5.82 Å². The van der Waals surface area contributed by atoms with Crippen molar-refractivity contribution in [1.82, 2.24) is 4.90 Å². The highest BCUT2D eigenvalue weighted by Gasteiger charge is 2.18. The number of amides is 1. The number of rotatable bonds is 4. The SMILES string of the molecule is CC(C)N(CCCl)C(=O)c1ccc(Br)c(F)c1. The van der Waals surface area contributed by atoms with Crippen LogP contribution in [0.1, 0.15) is 24.2 Å². The number of alkyl halides is 1. The second-order valence-corrected chi connectivity index (χ2v) is 5.14. The largest absolute Gasteiger partial charge is 0.335 e. The van der Waals surface area contributed by atoms with Crippen molar-refractivity contribution in [3.8, 4) is 0 Å². The van der Waals surface area contributed by atoms with Crippen LogP contribution in [0.3, 0.4) is 0 Å². The number of hydrogen-bond acceptors (Lipinski definition) is 1. The third-order valence-corrected chi connectivity index (χ3v) is 3.19. The fourth-order valence-corrected chi connectivity index (χ4v) is 1.91. The Morgan fingerprint density at radius 1 is 1.53 bits per heavy atom. The summed E-state index contributed by atoms with van der Waals surface area (Å²) in [6, 6.07) is 4.39. The van der Waals surface area contributed by atoms with Gasteiger partial charge in [0.25, 0.3) is 5.91 Å². The van der Waals surface area contributed by atoms with Gasteiger partial charge >= 0.3 is 0 Å². The van der Waals surface area contributed by atoms with Crippen LogP contribution in [-0.2, 0) is 0 Å². The number of benzene rings is 1. The van der Waals surface area contributed by atoms with Crippen LogP contribution >= 0.6 is 27.5 Å². The molecule has 0 radical (unpaired) electrons. The topological polar surface area (TPSA) is 20.3 Å². The lowest BCUT2D eigenvalue weighted by Gasteiger charge is -2.26. The summed E-state index contributed by atoms with van der Waals surface area (Å²) in [6.45, 7) is 4.26. The van der Waals surface area contributed by atoms with Gasteiger partial charge in [0.05, 0.1) is 4.47 Å². The number of hydrogen-bond donors (Lipinski definition) is 0. The van der Waals surface area contributed by atoms with Gasteiger partial charge in [0.2, 0.25) is 0 Å². The Bertz CT molecular complexity index is 411. The Kier molecular flexibility index (Phi) is 5.40. The van der Waals surface area contributed by atoms with E-state index in [0.29, 0.717) is 22.5 Å². The molecule has 0 aliphatic heterocycles. The van der Waals surface area contributed by atoms with Gasteiger partial charge in [-0.1, -0.05) is 0 Å².